The predicted molar refractivity (Wildman–Crippen MR) is 54.0 cm³/mol. The van der Waals surface area contributed by atoms with Crippen LogP contribution in [0.5, 0.6) is 0 Å². The van der Waals surface area contributed by atoms with Gasteiger partial charge in [-0.3, -0.25) is 0 Å². The van der Waals surface area contributed by atoms with Gasteiger partial charge in [0.25, 0.3) is 0 Å². The molecule has 0 saturated heterocycles. The van der Waals surface area contributed by atoms with Gasteiger partial charge in [-0.15, -0.1) is 0 Å². The molecule has 0 saturated carbocycles. The third kappa shape index (κ3) is 1.88. The molecule has 2 heterocycles. The number of rotatable bonds is 0. The summed E-state index contributed by atoms with van der Waals surface area (Å²) in [6.45, 7) is 0. The summed E-state index contributed by atoms with van der Waals surface area (Å²) in [6, 6.07) is 3.28. The van der Waals surface area contributed by atoms with Crippen LogP contribution in [0.4, 0.5) is 19.0 Å². The van der Waals surface area contributed by atoms with E-state index in [1.54, 1.807) is 0 Å². The molecule has 0 fully saturated rings. The van der Waals surface area contributed by atoms with Gasteiger partial charge in [-0.2, -0.15) is 13.2 Å². The average molecular weight is 248 g/mol. The molecule has 0 amide bonds. The number of anilines is 1. The first-order chi connectivity index (χ1) is 7.38. The molecule has 0 spiro atoms. The van der Waals surface area contributed by atoms with Crippen molar-refractivity contribution in [3.8, 4) is 0 Å². The molecule has 2 aromatic heterocycles. The van der Waals surface area contributed by atoms with E-state index in [0.29, 0.717) is 0 Å². The van der Waals surface area contributed by atoms with Gasteiger partial charge in [0.1, 0.15) is 11.0 Å². The second kappa shape index (κ2) is 3.48. The normalized spacial score (nSPS) is 12.0. The van der Waals surface area contributed by atoms with Crippen LogP contribution in [0.25, 0.3) is 11.0 Å². The summed E-state index contributed by atoms with van der Waals surface area (Å²) in [4.78, 5) is 7.38. The van der Waals surface area contributed by atoms with E-state index in [9.17, 15) is 13.2 Å². The smallest absolute Gasteiger partial charge is 0.384 e. The molecule has 0 aromatic carbocycles. The van der Waals surface area contributed by atoms with Crippen molar-refractivity contribution >= 4 is 28.5 Å². The first-order valence-corrected chi connectivity index (χ1v) is 4.56. The molecule has 2 N–H and O–H groups in total. The molecular weight excluding hydrogens is 243 g/mol. The number of aromatic nitrogens is 2. The lowest BCUT2D eigenvalue weighted by molar-refractivity contribution is -0.136. The number of nitrogen functional groups attached to an aromatic ring is 1. The van der Waals surface area contributed by atoms with Gasteiger partial charge in [0.2, 0.25) is 0 Å². The number of nitrogens with zero attached hydrogens (tertiary/aromatic N) is 2. The van der Waals surface area contributed by atoms with Crippen LogP contribution in [0.3, 0.4) is 0 Å². The number of pyridine rings is 2. The number of hydrogen-bond acceptors (Lipinski definition) is 3. The molecule has 84 valence electrons. The minimum absolute atomic E-state index is 0.0930. The van der Waals surface area contributed by atoms with Crippen LogP contribution >= 0.6 is 11.6 Å². The van der Waals surface area contributed by atoms with E-state index in [-0.39, 0.29) is 22.0 Å². The Balaban J connectivity index is 2.83. The van der Waals surface area contributed by atoms with E-state index in [2.05, 4.69) is 9.97 Å². The second-order valence-corrected chi connectivity index (χ2v) is 3.48. The van der Waals surface area contributed by atoms with Gasteiger partial charge in [0, 0.05) is 5.39 Å². The SMILES string of the molecule is Nc1ccc2c(C(F)(F)F)cc(Cl)nc2n1. The van der Waals surface area contributed by atoms with Gasteiger partial charge in [-0.05, 0) is 18.2 Å². The van der Waals surface area contributed by atoms with Crippen molar-refractivity contribution in [3.05, 3.63) is 28.9 Å². The molecule has 2 rings (SSSR count). The molecule has 0 bridgehead atoms. The van der Waals surface area contributed by atoms with Gasteiger partial charge in [-0.25, -0.2) is 9.97 Å². The standard InChI is InChI=1S/C9H5ClF3N3/c10-6-3-5(9(11,12)13)4-1-2-7(14)16-8(4)15-6/h1-3H,(H2,14,15,16). The number of halogens is 4. The monoisotopic (exact) mass is 247 g/mol. The Labute approximate surface area is 93.1 Å². The Kier molecular flexibility index (Phi) is 2.38. The largest absolute Gasteiger partial charge is 0.417 e. The molecule has 3 nitrogen and oxygen atoms in total. The topological polar surface area (TPSA) is 51.8 Å². The maximum atomic E-state index is 12.7. The summed E-state index contributed by atoms with van der Waals surface area (Å²) < 4.78 is 38.0. The summed E-state index contributed by atoms with van der Waals surface area (Å²) in [5.41, 5.74) is 4.38. The zero-order valence-corrected chi connectivity index (χ0v) is 8.47. The summed E-state index contributed by atoms with van der Waals surface area (Å²) in [7, 11) is 0. The predicted octanol–water partition coefficient (Wildman–Crippen LogP) is 2.88. The summed E-state index contributed by atoms with van der Waals surface area (Å²) in [5, 5.41) is -0.385. The van der Waals surface area contributed by atoms with Gasteiger partial charge in [0.15, 0.2) is 5.65 Å². The van der Waals surface area contributed by atoms with Crippen molar-refractivity contribution in [2.75, 3.05) is 5.73 Å². The molecule has 0 atom stereocenters. The van der Waals surface area contributed by atoms with E-state index >= 15 is 0 Å². The van der Waals surface area contributed by atoms with E-state index in [0.717, 1.165) is 6.07 Å². The van der Waals surface area contributed by atoms with Crippen molar-refractivity contribution in [1.29, 1.82) is 0 Å². The second-order valence-electron chi connectivity index (χ2n) is 3.10. The Morgan fingerprint density at radius 3 is 2.50 bits per heavy atom. The third-order valence-electron chi connectivity index (χ3n) is 1.97. The summed E-state index contributed by atoms with van der Waals surface area (Å²) in [6.07, 6.45) is -4.50. The van der Waals surface area contributed by atoms with Crippen molar-refractivity contribution in [3.63, 3.8) is 0 Å². The minimum atomic E-state index is -4.50. The van der Waals surface area contributed by atoms with Crippen LogP contribution in [0.2, 0.25) is 5.15 Å². The van der Waals surface area contributed by atoms with Crippen molar-refractivity contribution in [2.24, 2.45) is 0 Å². The Morgan fingerprint density at radius 2 is 1.88 bits per heavy atom. The molecule has 16 heavy (non-hydrogen) atoms. The zero-order chi connectivity index (χ0) is 11.9. The highest BCUT2D eigenvalue weighted by Crippen LogP contribution is 2.35. The van der Waals surface area contributed by atoms with Gasteiger partial charge < -0.3 is 5.73 Å². The van der Waals surface area contributed by atoms with Crippen LogP contribution in [0.15, 0.2) is 18.2 Å². The molecule has 2 aromatic rings. The maximum Gasteiger partial charge on any atom is 0.417 e. The van der Waals surface area contributed by atoms with Gasteiger partial charge in [0.05, 0.1) is 5.56 Å². The highest BCUT2D eigenvalue weighted by atomic mass is 35.5. The number of fused-ring (bicyclic) bond motifs is 1. The molecule has 0 aliphatic rings. The van der Waals surface area contributed by atoms with E-state index in [1.807, 2.05) is 0 Å². The Bertz CT molecular complexity index is 548. The van der Waals surface area contributed by atoms with Crippen LogP contribution in [0.1, 0.15) is 5.56 Å². The third-order valence-corrected chi connectivity index (χ3v) is 2.16. The van der Waals surface area contributed by atoms with Crippen LogP contribution < -0.4 is 5.73 Å². The molecule has 0 aliphatic carbocycles. The van der Waals surface area contributed by atoms with Crippen LogP contribution in [-0.4, -0.2) is 9.97 Å². The highest BCUT2D eigenvalue weighted by molar-refractivity contribution is 6.29. The van der Waals surface area contributed by atoms with E-state index in [1.165, 1.54) is 12.1 Å². The molecule has 0 radical (unpaired) electrons. The first kappa shape index (κ1) is 10.9. The lowest BCUT2D eigenvalue weighted by Crippen LogP contribution is -2.07. The minimum Gasteiger partial charge on any atom is -0.384 e. The maximum absolute atomic E-state index is 12.7. The van der Waals surface area contributed by atoms with Gasteiger partial charge >= 0.3 is 6.18 Å². The van der Waals surface area contributed by atoms with Gasteiger partial charge in [-0.1, -0.05) is 11.6 Å². The molecule has 0 aliphatic heterocycles. The quantitative estimate of drug-likeness (QED) is 0.728. The average Bonchev–Trinajstić information content (AvgIpc) is 2.14. The van der Waals surface area contributed by atoms with Crippen molar-refractivity contribution in [1.82, 2.24) is 9.97 Å². The number of hydrogen-bond donors (Lipinski definition) is 1. The molecular formula is C9H5ClF3N3. The lowest BCUT2D eigenvalue weighted by atomic mass is 10.1. The summed E-state index contributed by atoms with van der Waals surface area (Å²) in [5.74, 6) is 0.0930. The lowest BCUT2D eigenvalue weighted by Gasteiger charge is -2.10. The Morgan fingerprint density at radius 1 is 1.19 bits per heavy atom. The number of alkyl halides is 3. The van der Waals surface area contributed by atoms with E-state index in [4.69, 9.17) is 17.3 Å². The number of nitrogens with two attached hydrogens (primary N) is 1. The van der Waals surface area contributed by atoms with Crippen molar-refractivity contribution < 1.29 is 13.2 Å². The summed E-state index contributed by atoms with van der Waals surface area (Å²) >= 11 is 5.49. The molecule has 7 heteroatoms. The highest BCUT2D eigenvalue weighted by Gasteiger charge is 2.33. The first-order valence-electron chi connectivity index (χ1n) is 4.18. The zero-order valence-electron chi connectivity index (χ0n) is 7.72. The van der Waals surface area contributed by atoms with Crippen LogP contribution in [0, 0.1) is 0 Å². The fourth-order valence-electron chi connectivity index (χ4n) is 1.32. The Hall–Kier alpha value is -1.56. The fourth-order valence-corrected chi connectivity index (χ4v) is 1.51. The fraction of sp³-hybridized carbons (Fsp3) is 0.111. The van der Waals surface area contributed by atoms with E-state index < -0.39 is 11.7 Å². The molecule has 0 unspecified atom stereocenters. The van der Waals surface area contributed by atoms with Crippen LogP contribution in [-0.2, 0) is 6.18 Å². The van der Waals surface area contributed by atoms with Crippen molar-refractivity contribution in [2.45, 2.75) is 6.18 Å².